The lowest BCUT2D eigenvalue weighted by atomic mass is 10.1. The van der Waals surface area contributed by atoms with Gasteiger partial charge in [0.15, 0.2) is 0 Å². The lowest BCUT2D eigenvalue weighted by molar-refractivity contribution is -0.141. The molecule has 0 aromatic carbocycles. The zero-order chi connectivity index (χ0) is 11.8. The van der Waals surface area contributed by atoms with Gasteiger partial charge in [-0.1, -0.05) is 0 Å². The van der Waals surface area contributed by atoms with Gasteiger partial charge < -0.3 is 5.32 Å². The van der Waals surface area contributed by atoms with Crippen LogP contribution in [0.15, 0.2) is 6.07 Å². The summed E-state index contributed by atoms with van der Waals surface area (Å²) in [4.78, 5) is 7.69. The number of aromatic nitrogens is 2. The number of hydrogen-bond acceptors (Lipinski definition) is 3. The highest BCUT2D eigenvalue weighted by atomic mass is 19.4. The van der Waals surface area contributed by atoms with E-state index in [0.717, 1.165) is 19.0 Å². The van der Waals surface area contributed by atoms with Crippen molar-refractivity contribution in [2.24, 2.45) is 0 Å². The van der Waals surface area contributed by atoms with Crippen molar-refractivity contribution in [3.8, 4) is 0 Å². The van der Waals surface area contributed by atoms with Gasteiger partial charge in [-0.05, 0) is 26.0 Å². The van der Waals surface area contributed by atoms with E-state index in [1.54, 1.807) is 6.92 Å². The molecule has 16 heavy (non-hydrogen) atoms. The predicted octanol–water partition coefficient (Wildman–Crippen LogP) is 1.88. The van der Waals surface area contributed by atoms with Crippen LogP contribution in [0.3, 0.4) is 0 Å². The Morgan fingerprint density at radius 1 is 1.38 bits per heavy atom. The quantitative estimate of drug-likeness (QED) is 0.801. The molecule has 3 nitrogen and oxygen atoms in total. The van der Waals surface area contributed by atoms with Crippen molar-refractivity contribution in [2.75, 3.05) is 13.1 Å². The van der Waals surface area contributed by atoms with Crippen LogP contribution in [0.2, 0.25) is 0 Å². The molecule has 0 spiro atoms. The van der Waals surface area contributed by atoms with Crippen molar-refractivity contribution in [3.63, 3.8) is 0 Å². The molecule has 1 aromatic rings. The molecule has 2 heterocycles. The highest BCUT2D eigenvalue weighted by Gasteiger charge is 2.34. The van der Waals surface area contributed by atoms with E-state index in [-0.39, 0.29) is 5.92 Å². The van der Waals surface area contributed by atoms with Crippen LogP contribution < -0.4 is 5.32 Å². The summed E-state index contributed by atoms with van der Waals surface area (Å²) in [5, 5.41) is 3.09. The standard InChI is InChI=1S/C10H12F3N3/c1-6-4-8(10(11,12)13)16-9(15-6)7-2-3-14-5-7/h4,7,14H,2-3,5H2,1H3. The Balaban J connectivity index is 2.35. The van der Waals surface area contributed by atoms with E-state index in [0.29, 0.717) is 18.1 Å². The normalized spacial score (nSPS) is 21.4. The third-order valence-corrected chi connectivity index (χ3v) is 2.59. The minimum Gasteiger partial charge on any atom is -0.316 e. The summed E-state index contributed by atoms with van der Waals surface area (Å²) < 4.78 is 37.6. The average Bonchev–Trinajstić information content (AvgIpc) is 2.68. The highest BCUT2D eigenvalue weighted by Crippen LogP contribution is 2.29. The molecule has 1 atom stereocenters. The molecular formula is C10H12F3N3. The molecule has 0 aliphatic carbocycles. The second kappa shape index (κ2) is 4.01. The number of nitrogens with zero attached hydrogens (tertiary/aromatic N) is 2. The Hall–Kier alpha value is -1.17. The molecule has 1 aromatic heterocycles. The van der Waals surface area contributed by atoms with E-state index in [4.69, 9.17) is 0 Å². The van der Waals surface area contributed by atoms with Crippen LogP contribution in [-0.2, 0) is 6.18 Å². The summed E-state index contributed by atoms with van der Waals surface area (Å²) in [7, 11) is 0. The van der Waals surface area contributed by atoms with Crippen molar-refractivity contribution in [1.82, 2.24) is 15.3 Å². The molecule has 0 radical (unpaired) electrons. The van der Waals surface area contributed by atoms with Gasteiger partial charge in [0.05, 0.1) is 0 Å². The molecule has 1 unspecified atom stereocenters. The highest BCUT2D eigenvalue weighted by molar-refractivity contribution is 5.15. The fourth-order valence-electron chi connectivity index (χ4n) is 1.79. The number of halogens is 3. The third-order valence-electron chi connectivity index (χ3n) is 2.59. The topological polar surface area (TPSA) is 37.8 Å². The van der Waals surface area contributed by atoms with E-state index in [1.807, 2.05) is 0 Å². The van der Waals surface area contributed by atoms with Crippen molar-refractivity contribution in [3.05, 3.63) is 23.3 Å². The summed E-state index contributed by atoms with van der Waals surface area (Å²) in [6, 6.07) is 0.978. The molecule has 0 amide bonds. The molecule has 88 valence electrons. The predicted molar refractivity (Wildman–Crippen MR) is 52.0 cm³/mol. The Morgan fingerprint density at radius 2 is 2.12 bits per heavy atom. The molecule has 0 bridgehead atoms. The molecule has 1 saturated heterocycles. The minimum atomic E-state index is -4.39. The van der Waals surface area contributed by atoms with Gasteiger partial charge in [-0.3, -0.25) is 0 Å². The Kier molecular flexibility index (Phi) is 2.84. The van der Waals surface area contributed by atoms with Crippen LogP contribution in [0.1, 0.15) is 29.6 Å². The monoisotopic (exact) mass is 231 g/mol. The number of nitrogens with one attached hydrogen (secondary N) is 1. The van der Waals surface area contributed by atoms with Gasteiger partial charge in [0.25, 0.3) is 0 Å². The van der Waals surface area contributed by atoms with E-state index >= 15 is 0 Å². The molecular weight excluding hydrogens is 219 g/mol. The van der Waals surface area contributed by atoms with Crippen LogP contribution >= 0.6 is 0 Å². The van der Waals surface area contributed by atoms with Gasteiger partial charge >= 0.3 is 6.18 Å². The van der Waals surface area contributed by atoms with E-state index in [2.05, 4.69) is 15.3 Å². The number of alkyl halides is 3. The smallest absolute Gasteiger partial charge is 0.316 e. The van der Waals surface area contributed by atoms with E-state index in [9.17, 15) is 13.2 Å². The fourth-order valence-corrected chi connectivity index (χ4v) is 1.79. The van der Waals surface area contributed by atoms with Crippen LogP contribution in [0, 0.1) is 6.92 Å². The van der Waals surface area contributed by atoms with Gasteiger partial charge in [-0.15, -0.1) is 0 Å². The van der Waals surface area contributed by atoms with Gasteiger partial charge in [0, 0.05) is 18.2 Å². The largest absolute Gasteiger partial charge is 0.433 e. The van der Waals surface area contributed by atoms with E-state index < -0.39 is 11.9 Å². The number of rotatable bonds is 1. The molecule has 6 heteroatoms. The third kappa shape index (κ3) is 2.32. The first kappa shape index (κ1) is 11.3. The summed E-state index contributed by atoms with van der Waals surface area (Å²) in [5.74, 6) is 0.304. The Labute approximate surface area is 91.1 Å². The summed E-state index contributed by atoms with van der Waals surface area (Å²) in [5.41, 5.74) is -0.480. The molecule has 1 fully saturated rings. The molecule has 1 aliphatic heterocycles. The first-order valence-corrected chi connectivity index (χ1v) is 5.10. The summed E-state index contributed by atoms with van der Waals surface area (Å²) in [6.45, 7) is 3.02. The van der Waals surface area contributed by atoms with Crippen molar-refractivity contribution < 1.29 is 13.2 Å². The van der Waals surface area contributed by atoms with E-state index in [1.165, 1.54) is 0 Å². The number of aryl methyl sites for hydroxylation is 1. The molecule has 1 N–H and O–H groups in total. The maximum atomic E-state index is 12.5. The second-order valence-electron chi connectivity index (χ2n) is 3.94. The summed E-state index contributed by atoms with van der Waals surface area (Å²) in [6.07, 6.45) is -3.60. The maximum Gasteiger partial charge on any atom is 0.433 e. The Bertz CT molecular complexity index is 383. The molecule has 2 rings (SSSR count). The molecule has 0 saturated carbocycles. The average molecular weight is 231 g/mol. The minimum absolute atomic E-state index is 0.000926. The van der Waals surface area contributed by atoms with Crippen molar-refractivity contribution in [2.45, 2.75) is 25.4 Å². The number of hydrogen-bond donors (Lipinski definition) is 1. The van der Waals surface area contributed by atoms with Crippen LogP contribution in [0.4, 0.5) is 13.2 Å². The fraction of sp³-hybridized carbons (Fsp3) is 0.600. The Morgan fingerprint density at radius 3 is 2.69 bits per heavy atom. The first-order chi connectivity index (χ1) is 7.47. The van der Waals surface area contributed by atoms with Gasteiger partial charge in [-0.2, -0.15) is 13.2 Å². The van der Waals surface area contributed by atoms with Crippen LogP contribution in [0.5, 0.6) is 0 Å². The summed E-state index contributed by atoms with van der Waals surface area (Å²) >= 11 is 0. The SMILES string of the molecule is Cc1cc(C(F)(F)F)nc(C2CCNC2)n1. The maximum absolute atomic E-state index is 12.5. The second-order valence-corrected chi connectivity index (χ2v) is 3.94. The lowest BCUT2D eigenvalue weighted by Crippen LogP contribution is -2.15. The van der Waals surface area contributed by atoms with Gasteiger partial charge in [0.2, 0.25) is 0 Å². The zero-order valence-corrected chi connectivity index (χ0v) is 8.80. The lowest BCUT2D eigenvalue weighted by Gasteiger charge is -2.11. The van der Waals surface area contributed by atoms with Gasteiger partial charge in [-0.25, -0.2) is 9.97 Å². The zero-order valence-electron chi connectivity index (χ0n) is 8.80. The first-order valence-electron chi connectivity index (χ1n) is 5.10. The van der Waals surface area contributed by atoms with Gasteiger partial charge in [0.1, 0.15) is 11.5 Å². The molecule has 1 aliphatic rings. The van der Waals surface area contributed by atoms with Crippen molar-refractivity contribution in [1.29, 1.82) is 0 Å². The van der Waals surface area contributed by atoms with Crippen LogP contribution in [0.25, 0.3) is 0 Å². The van der Waals surface area contributed by atoms with Crippen LogP contribution in [-0.4, -0.2) is 23.1 Å². The van der Waals surface area contributed by atoms with Crippen molar-refractivity contribution >= 4 is 0 Å².